The molecule has 2 aliphatic rings. The summed E-state index contributed by atoms with van der Waals surface area (Å²) in [5, 5.41) is 80.1. The van der Waals surface area contributed by atoms with Crippen molar-refractivity contribution in [2.45, 2.75) is 74.1 Å². The zero-order valence-electron chi connectivity index (χ0n) is 18.6. The van der Waals surface area contributed by atoms with E-state index in [0.29, 0.717) is 11.3 Å². The molecule has 2 saturated heterocycles. The summed E-state index contributed by atoms with van der Waals surface area (Å²) >= 11 is 0. The van der Waals surface area contributed by atoms with Crippen LogP contribution < -0.4 is 4.74 Å². The first-order chi connectivity index (χ1) is 16.1. The number of benzene rings is 1. The molecule has 0 spiro atoms. The van der Waals surface area contributed by atoms with E-state index in [-0.39, 0.29) is 0 Å². The predicted octanol–water partition coefficient (Wildman–Crippen LogP) is -3.50. The molecule has 0 unspecified atom stereocenters. The summed E-state index contributed by atoms with van der Waals surface area (Å²) in [4.78, 5) is 0. The Morgan fingerprint density at radius 3 is 1.47 bits per heavy atom. The zero-order chi connectivity index (χ0) is 25.2. The van der Waals surface area contributed by atoms with Crippen LogP contribution in [0.3, 0.4) is 0 Å². The molecule has 10 atom stereocenters. The van der Waals surface area contributed by atoms with Gasteiger partial charge in [0.2, 0.25) is 0 Å². The van der Waals surface area contributed by atoms with Crippen LogP contribution in [0.25, 0.3) is 0 Å². The predicted molar refractivity (Wildman–Crippen MR) is 110 cm³/mol. The lowest BCUT2D eigenvalue weighted by atomic mass is 9.98. The Bertz CT molecular complexity index is 734. The molecule has 3 rings (SSSR count). The number of hydrogen-bond donors (Lipinski definition) is 8. The lowest BCUT2D eigenvalue weighted by Gasteiger charge is -2.46. The van der Waals surface area contributed by atoms with Gasteiger partial charge in [-0.25, -0.2) is 0 Å². The summed E-state index contributed by atoms with van der Waals surface area (Å²) in [5.41, 5.74) is 0.294. The van der Waals surface area contributed by atoms with Crippen LogP contribution in [0.2, 0.25) is 0 Å². The Kier molecular flexibility index (Phi) is 8.84. The third-order valence-corrected chi connectivity index (χ3v) is 5.99. The molecule has 0 bridgehead atoms. The molecule has 0 saturated carbocycles. The maximum atomic E-state index is 10.4. The molecule has 34 heavy (non-hydrogen) atoms. The fourth-order valence-electron chi connectivity index (χ4n) is 3.83. The number of rotatable bonds is 8. The summed E-state index contributed by atoms with van der Waals surface area (Å²) < 4.78 is 27.7. The monoisotopic (exact) mass is 492 g/mol. The summed E-state index contributed by atoms with van der Waals surface area (Å²) in [6.07, 6.45) is -15.9. The Morgan fingerprint density at radius 2 is 1.12 bits per heavy atom. The first kappa shape index (κ1) is 27.1. The molecule has 8 N–H and O–H groups in total. The van der Waals surface area contributed by atoms with Crippen molar-refractivity contribution < 1.29 is 64.5 Å². The quantitative estimate of drug-likeness (QED) is 0.166. The zero-order valence-corrected chi connectivity index (χ0v) is 18.6. The molecule has 2 aliphatic heterocycles. The third kappa shape index (κ3) is 5.36. The van der Waals surface area contributed by atoms with Crippen LogP contribution in [-0.4, -0.2) is 123 Å². The van der Waals surface area contributed by atoms with Crippen molar-refractivity contribution in [3.8, 4) is 5.75 Å². The Balaban J connectivity index is 1.93. The van der Waals surface area contributed by atoms with Crippen LogP contribution in [0.4, 0.5) is 0 Å². The molecule has 2 heterocycles. The maximum Gasteiger partial charge on any atom is 0.197 e. The average molecular weight is 492 g/mol. The van der Waals surface area contributed by atoms with E-state index in [1.807, 2.05) is 0 Å². The van der Waals surface area contributed by atoms with E-state index in [1.165, 1.54) is 26.2 Å². The Morgan fingerprint density at radius 1 is 0.706 bits per heavy atom. The van der Waals surface area contributed by atoms with Gasteiger partial charge >= 0.3 is 0 Å². The van der Waals surface area contributed by atoms with Crippen LogP contribution in [0.15, 0.2) is 24.3 Å². The van der Waals surface area contributed by atoms with E-state index >= 15 is 0 Å². The highest BCUT2D eigenvalue weighted by Gasteiger charge is 2.51. The SMILES string of the molecule is COc1ccc(C(C)(O[C@H]2O[C@H](CO)[C@@H](O)[C@H](O)[C@@H]2O)O[C@H]2O[C@H](CO)[C@@H](O)[C@H](O)[C@@H]2O)cc1. The summed E-state index contributed by atoms with van der Waals surface area (Å²) in [6, 6.07) is 6.21. The molecule has 13 heteroatoms. The van der Waals surface area contributed by atoms with Crippen LogP contribution >= 0.6 is 0 Å². The highest BCUT2D eigenvalue weighted by atomic mass is 16.8. The van der Waals surface area contributed by atoms with E-state index in [0.717, 1.165) is 0 Å². The van der Waals surface area contributed by atoms with Crippen LogP contribution in [0, 0.1) is 0 Å². The normalized spacial score (nSPS) is 39.1. The van der Waals surface area contributed by atoms with Gasteiger partial charge in [-0.05, 0) is 31.2 Å². The molecule has 0 aliphatic carbocycles. The summed E-state index contributed by atoms with van der Waals surface area (Å²) in [6.45, 7) is 0.00690. The lowest BCUT2D eigenvalue weighted by Crippen LogP contribution is -2.62. The molecular weight excluding hydrogens is 460 g/mol. The van der Waals surface area contributed by atoms with Gasteiger partial charge in [0.15, 0.2) is 18.4 Å². The van der Waals surface area contributed by atoms with Crippen LogP contribution in [-0.2, 0) is 24.7 Å². The van der Waals surface area contributed by atoms with E-state index in [2.05, 4.69) is 0 Å². The first-order valence-electron chi connectivity index (χ1n) is 10.7. The molecule has 194 valence electrons. The minimum absolute atomic E-state index is 0.294. The third-order valence-electron chi connectivity index (χ3n) is 5.99. The first-order valence-corrected chi connectivity index (χ1v) is 10.7. The van der Waals surface area contributed by atoms with E-state index in [1.54, 1.807) is 12.1 Å². The second-order valence-corrected chi connectivity index (χ2v) is 8.30. The van der Waals surface area contributed by atoms with Crippen molar-refractivity contribution in [1.82, 2.24) is 0 Å². The van der Waals surface area contributed by atoms with Gasteiger partial charge in [0.25, 0.3) is 0 Å². The van der Waals surface area contributed by atoms with Gasteiger partial charge < -0.3 is 64.5 Å². The van der Waals surface area contributed by atoms with Crippen molar-refractivity contribution in [2.75, 3.05) is 20.3 Å². The molecule has 0 aromatic heterocycles. The standard InChI is InChI=1S/C21H32O13/c1-21(9-3-5-10(30-2)6-4-9,33-19-17(28)15(26)13(24)11(7-22)31-19)34-20-18(29)16(27)14(25)12(8-23)32-20/h3-6,11-20,22-29H,7-8H2,1-2H3/t11-,12-,13-,14-,15+,16+,17+,18+,19-,20-/m1/s1. The molecular formula is C21H32O13. The molecule has 0 amide bonds. The van der Waals surface area contributed by atoms with E-state index < -0.39 is 80.4 Å². The second kappa shape index (κ2) is 11.1. The fraction of sp³-hybridized carbons (Fsp3) is 0.714. The smallest absolute Gasteiger partial charge is 0.197 e. The number of ether oxygens (including phenoxy) is 5. The summed E-state index contributed by atoms with van der Waals surface area (Å²) in [5.74, 6) is -1.40. The molecule has 2 fully saturated rings. The van der Waals surface area contributed by atoms with E-state index in [4.69, 9.17) is 23.7 Å². The minimum atomic E-state index is -1.90. The van der Waals surface area contributed by atoms with Gasteiger partial charge in [0.1, 0.15) is 54.6 Å². The molecule has 0 radical (unpaired) electrons. The molecule has 13 nitrogen and oxygen atoms in total. The van der Waals surface area contributed by atoms with Crippen molar-refractivity contribution in [3.05, 3.63) is 29.8 Å². The Hall–Kier alpha value is -1.46. The largest absolute Gasteiger partial charge is 0.497 e. The van der Waals surface area contributed by atoms with Gasteiger partial charge in [-0.2, -0.15) is 0 Å². The van der Waals surface area contributed by atoms with Crippen molar-refractivity contribution in [1.29, 1.82) is 0 Å². The maximum absolute atomic E-state index is 10.4. The highest BCUT2D eigenvalue weighted by Crippen LogP contribution is 2.37. The molecule has 1 aromatic carbocycles. The van der Waals surface area contributed by atoms with Gasteiger partial charge in [0, 0.05) is 5.56 Å². The van der Waals surface area contributed by atoms with Gasteiger partial charge in [0.05, 0.1) is 20.3 Å². The Labute approximate surface area is 195 Å². The van der Waals surface area contributed by atoms with Crippen molar-refractivity contribution in [2.24, 2.45) is 0 Å². The highest BCUT2D eigenvalue weighted by molar-refractivity contribution is 5.29. The fourth-order valence-corrected chi connectivity index (χ4v) is 3.83. The van der Waals surface area contributed by atoms with Crippen molar-refractivity contribution in [3.63, 3.8) is 0 Å². The van der Waals surface area contributed by atoms with Crippen LogP contribution in [0.1, 0.15) is 12.5 Å². The van der Waals surface area contributed by atoms with Crippen molar-refractivity contribution >= 4 is 0 Å². The van der Waals surface area contributed by atoms with Gasteiger partial charge in [-0.15, -0.1) is 0 Å². The average Bonchev–Trinajstić information content (AvgIpc) is 2.84. The lowest BCUT2D eigenvalue weighted by molar-refractivity contribution is -0.415. The van der Waals surface area contributed by atoms with Gasteiger partial charge in [-0.1, -0.05) is 0 Å². The summed E-state index contributed by atoms with van der Waals surface area (Å²) in [7, 11) is 1.46. The number of methoxy groups -OCH3 is 1. The van der Waals surface area contributed by atoms with Gasteiger partial charge in [-0.3, -0.25) is 0 Å². The second-order valence-electron chi connectivity index (χ2n) is 8.30. The van der Waals surface area contributed by atoms with Crippen LogP contribution in [0.5, 0.6) is 5.75 Å². The topological polar surface area (TPSA) is 208 Å². The minimum Gasteiger partial charge on any atom is -0.497 e. The number of hydrogen-bond acceptors (Lipinski definition) is 13. The van der Waals surface area contributed by atoms with E-state index in [9.17, 15) is 40.9 Å². The molecule has 1 aromatic rings. The number of aliphatic hydroxyl groups is 8. The number of aliphatic hydroxyl groups excluding tert-OH is 8.